The molecule has 0 aliphatic rings. The van der Waals surface area contributed by atoms with E-state index in [-0.39, 0.29) is 5.97 Å². The molecule has 146 valence electrons. The summed E-state index contributed by atoms with van der Waals surface area (Å²) >= 11 is 1.43. The predicted molar refractivity (Wildman–Crippen MR) is 116 cm³/mol. The fraction of sp³-hybridized carbons (Fsp3) is 0.0952. The Bertz CT molecular complexity index is 1180. The van der Waals surface area contributed by atoms with Crippen LogP contribution in [0.25, 0.3) is 22.2 Å². The average Bonchev–Trinajstić information content (AvgIpc) is 3.38. The molecule has 0 saturated heterocycles. The number of carbonyl (C=O) groups is 1. The van der Waals surface area contributed by atoms with Crippen LogP contribution in [0, 0.1) is 0 Å². The number of nitrogens with two attached hydrogens (primary N) is 1. The molecule has 29 heavy (non-hydrogen) atoms. The molecular weight excluding hydrogens is 386 g/mol. The molecule has 0 bridgehead atoms. The predicted octanol–water partition coefficient (Wildman–Crippen LogP) is 4.00. The summed E-state index contributed by atoms with van der Waals surface area (Å²) in [5.74, 6) is -0.0660. The van der Waals surface area contributed by atoms with E-state index in [2.05, 4.69) is 20.3 Å². The Balaban J connectivity index is 1.53. The number of thiazole rings is 1. The van der Waals surface area contributed by atoms with Crippen LogP contribution in [0.5, 0.6) is 0 Å². The van der Waals surface area contributed by atoms with Crippen LogP contribution in [0.15, 0.2) is 65.1 Å². The maximum Gasteiger partial charge on any atom is 0.337 e. The molecule has 0 saturated carbocycles. The Morgan fingerprint density at radius 3 is 2.90 bits per heavy atom. The van der Waals surface area contributed by atoms with E-state index in [0.29, 0.717) is 23.2 Å². The van der Waals surface area contributed by atoms with Crippen LogP contribution < -0.4 is 11.1 Å². The Kier molecular flexibility index (Phi) is 5.26. The zero-order chi connectivity index (χ0) is 20.2. The summed E-state index contributed by atoms with van der Waals surface area (Å²) in [5, 5.41) is 6.51. The van der Waals surface area contributed by atoms with Crippen LogP contribution in [0.2, 0.25) is 0 Å². The summed E-state index contributed by atoms with van der Waals surface area (Å²) in [6, 6.07) is 15.3. The highest BCUT2D eigenvalue weighted by Gasteiger charge is 2.13. The number of hydrogen-bond acceptors (Lipinski definition) is 5. The van der Waals surface area contributed by atoms with Gasteiger partial charge in [-0.1, -0.05) is 30.3 Å². The summed E-state index contributed by atoms with van der Waals surface area (Å²) < 4.78 is 4.81. The highest BCUT2D eigenvalue weighted by atomic mass is 32.1. The van der Waals surface area contributed by atoms with Crippen molar-refractivity contribution in [3.63, 3.8) is 0 Å². The van der Waals surface area contributed by atoms with Crippen molar-refractivity contribution in [2.24, 2.45) is 10.7 Å². The number of aliphatic imine (C=N–C) groups is 1. The van der Waals surface area contributed by atoms with E-state index in [0.717, 1.165) is 27.7 Å². The van der Waals surface area contributed by atoms with Crippen LogP contribution in [0.4, 0.5) is 5.13 Å². The number of fused-ring (bicyclic) bond motifs is 1. The molecule has 2 aromatic carbocycles. The molecule has 0 atom stereocenters. The number of anilines is 1. The Labute approximate surface area is 171 Å². The second-order valence-electron chi connectivity index (χ2n) is 6.30. The zero-order valence-electron chi connectivity index (χ0n) is 15.7. The van der Waals surface area contributed by atoms with Crippen LogP contribution in [0.3, 0.4) is 0 Å². The van der Waals surface area contributed by atoms with Crippen molar-refractivity contribution in [2.75, 3.05) is 12.4 Å². The van der Waals surface area contributed by atoms with Gasteiger partial charge in [0.1, 0.15) is 0 Å². The lowest BCUT2D eigenvalue weighted by Crippen LogP contribution is -2.22. The summed E-state index contributed by atoms with van der Waals surface area (Å²) in [6.07, 6.45) is 1.87. The molecule has 8 heteroatoms. The number of nitrogens with one attached hydrogen (secondary N) is 2. The van der Waals surface area contributed by atoms with Crippen LogP contribution in [-0.4, -0.2) is 29.0 Å². The first kappa shape index (κ1) is 18.7. The van der Waals surface area contributed by atoms with Gasteiger partial charge in [-0.05, 0) is 23.8 Å². The lowest BCUT2D eigenvalue weighted by atomic mass is 10.1. The number of hydrogen-bond donors (Lipinski definition) is 3. The monoisotopic (exact) mass is 405 g/mol. The third-order valence-corrected chi connectivity index (χ3v) is 5.15. The number of guanidine groups is 1. The largest absolute Gasteiger partial charge is 0.465 e. The van der Waals surface area contributed by atoms with Crippen LogP contribution >= 0.6 is 11.3 Å². The number of esters is 1. The first-order valence-electron chi connectivity index (χ1n) is 8.90. The fourth-order valence-electron chi connectivity index (χ4n) is 2.94. The molecule has 4 aromatic rings. The Morgan fingerprint density at radius 2 is 2.10 bits per heavy atom. The summed E-state index contributed by atoms with van der Waals surface area (Å²) in [5.41, 5.74) is 10.2. The van der Waals surface area contributed by atoms with Crippen molar-refractivity contribution in [3.8, 4) is 11.3 Å². The number of ether oxygens (including phenoxy) is 1. The molecule has 0 aliphatic heterocycles. The van der Waals surface area contributed by atoms with Crippen molar-refractivity contribution in [2.45, 2.75) is 6.54 Å². The second kappa shape index (κ2) is 8.15. The highest BCUT2D eigenvalue weighted by molar-refractivity contribution is 7.14. The molecular formula is C21H19N5O2S. The standard InChI is InChI=1S/C21H19N5O2S/c1-28-19(27)14-7-8-17-15(9-14)16(11-23-17)18-12-29-21(25-18)26-20(22)24-10-13-5-3-2-4-6-13/h2-9,11-12,23H,10H2,1H3,(H3,22,24,25,26). The lowest BCUT2D eigenvalue weighted by molar-refractivity contribution is 0.0601. The number of rotatable bonds is 5. The highest BCUT2D eigenvalue weighted by Crippen LogP contribution is 2.31. The van der Waals surface area contributed by atoms with Gasteiger partial charge < -0.3 is 20.8 Å². The molecule has 4 N–H and O–H groups in total. The smallest absolute Gasteiger partial charge is 0.337 e. The number of H-pyrrole nitrogens is 1. The van der Waals surface area contributed by atoms with Gasteiger partial charge in [0.15, 0.2) is 11.1 Å². The first-order chi connectivity index (χ1) is 14.1. The van der Waals surface area contributed by atoms with Gasteiger partial charge in [0, 0.05) is 28.0 Å². The average molecular weight is 405 g/mol. The maximum absolute atomic E-state index is 11.8. The zero-order valence-corrected chi connectivity index (χ0v) is 16.5. The molecule has 0 radical (unpaired) electrons. The van der Waals surface area contributed by atoms with E-state index in [1.807, 2.05) is 48.0 Å². The van der Waals surface area contributed by atoms with E-state index >= 15 is 0 Å². The molecule has 4 rings (SSSR count). The van der Waals surface area contributed by atoms with Gasteiger partial charge in [0.2, 0.25) is 0 Å². The third kappa shape index (κ3) is 4.12. The van der Waals surface area contributed by atoms with Crippen LogP contribution in [0.1, 0.15) is 15.9 Å². The molecule has 0 aliphatic carbocycles. The van der Waals surface area contributed by atoms with Gasteiger partial charge >= 0.3 is 5.97 Å². The third-order valence-electron chi connectivity index (χ3n) is 4.39. The van der Waals surface area contributed by atoms with E-state index < -0.39 is 0 Å². The Hall–Kier alpha value is -3.65. The number of nitrogens with zero attached hydrogens (tertiary/aromatic N) is 2. The van der Waals surface area contributed by atoms with Gasteiger partial charge in [-0.3, -0.25) is 0 Å². The molecule has 0 unspecified atom stereocenters. The van der Waals surface area contributed by atoms with Crippen molar-refractivity contribution in [1.29, 1.82) is 0 Å². The van der Waals surface area contributed by atoms with Crippen molar-refractivity contribution >= 4 is 39.3 Å². The van der Waals surface area contributed by atoms with Gasteiger partial charge in [0.25, 0.3) is 0 Å². The molecule has 0 spiro atoms. The number of aromatic amines is 1. The van der Waals surface area contributed by atoms with Crippen molar-refractivity contribution in [1.82, 2.24) is 9.97 Å². The number of benzene rings is 2. The normalized spacial score (nSPS) is 11.6. The molecule has 0 amide bonds. The Morgan fingerprint density at radius 1 is 1.28 bits per heavy atom. The van der Waals surface area contributed by atoms with Gasteiger partial charge in [-0.2, -0.15) is 0 Å². The van der Waals surface area contributed by atoms with E-state index in [1.54, 1.807) is 12.1 Å². The lowest BCUT2D eigenvalue weighted by Gasteiger charge is -2.02. The number of aromatic nitrogens is 2. The van der Waals surface area contributed by atoms with Gasteiger partial charge in [-0.25, -0.2) is 14.8 Å². The van der Waals surface area contributed by atoms with Gasteiger partial charge in [-0.15, -0.1) is 11.3 Å². The minimum atomic E-state index is -0.373. The first-order valence-corrected chi connectivity index (χ1v) is 9.78. The summed E-state index contributed by atoms with van der Waals surface area (Å²) in [6.45, 7) is 0.497. The minimum Gasteiger partial charge on any atom is -0.465 e. The van der Waals surface area contributed by atoms with E-state index in [9.17, 15) is 4.79 Å². The van der Waals surface area contributed by atoms with Crippen LogP contribution in [-0.2, 0) is 11.3 Å². The van der Waals surface area contributed by atoms with E-state index in [4.69, 9.17) is 10.5 Å². The molecule has 7 nitrogen and oxygen atoms in total. The fourth-order valence-corrected chi connectivity index (χ4v) is 3.66. The summed E-state index contributed by atoms with van der Waals surface area (Å²) in [4.78, 5) is 24.0. The minimum absolute atomic E-state index is 0.307. The molecule has 2 aromatic heterocycles. The topological polar surface area (TPSA) is 105 Å². The van der Waals surface area contributed by atoms with Crippen molar-refractivity contribution in [3.05, 3.63) is 71.2 Å². The summed E-state index contributed by atoms with van der Waals surface area (Å²) in [7, 11) is 1.37. The maximum atomic E-state index is 11.8. The van der Waals surface area contributed by atoms with Crippen molar-refractivity contribution < 1.29 is 9.53 Å². The van der Waals surface area contributed by atoms with E-state index in [1.165, 1.54) is 18.4 Å². The number of methoxy groups -OCH3 is 1. The molecule has 0 fully saturated rings. The second-order valence-corrected chi connectivity index (χ2v) is 7.16. The SMILES string of the molecule is COC(=O)c1ccc2[nH]cc(-c3csc(NC(N)=NCc4ccccc4)n3)c2c1. The number of carbonyl (C=O) groups excluding carboxylic acids is 1. The van der Waals surface area contributed by atoms with Gasteiger partial charge in [0.05, 0.1) is 24.9 Å². The molecule has 2 heterocycles. The quantitative estimate of drug-likeness (QED) is 0.264.